The summed E-state index contributed by atoms with van der Waals surface area (Å²) in [6, 6.07) is 6.04. The van der Waals surface area contributed by atoms with Crippen LogP contribution in [-0.4, -0.2) is 55.6 Å². The first-order valence-corrected chi connectivity index (χ1v) is 8.58. The summed E-state index contributed by atoms with van der Waals surface area (Å²) in [7, 11) is 0. The molecule has 1 N–H and O–H groups in total. The van der Waals surface area contributed by atoms with E-state index in [4.69, 9.17) is 14.2 Å². The Labute approximate surface area is 144 Å². The molecule has 1 aromatic carbocycles. The van der Waals surface area contributed by atoms with Crippen LogP contribution in [0.4, 0.5) is 0 Å². The van der Waals surface area contributed by atoms with E-state index in [1.165, 1.54) is 5.57 Å². The zero-order chi connectivity index (χ0) is 17.4. The number of ether oxygens (including phenoxy) is 3. The van der Waals surface area contributed by atoms with Gasteiger partial charge in [0.1, 0.15) is 6.61 Å². The van der Waals surface area contributed by atoms with E-state index in [1.807, 2.05) is 25.1 Å². The topological polar surface area (TPSA) is 51.2 Å². The minimum Gasteiger partial charge on any atom is -0.490 e. The summed E-state index contributed by atoms with van der Waals surface area (Å²) < 4.78 is 16.9. The van der Waals surface area contributed by atoms with E-state index >= 15 is 0 Å². The van der Waals surface area contributed by atoms with Crippen LogP contribution < -0.4 is 9.47 Å². The van der Waals surface area contributed by atoms with Gasteiger partial charge in [-0.05, 0) is 44.5 Å². The largest absolute Gasteiger partial charge is 0.490 e. The van der Waals surface area contributed by atoms with E-state index in [0.29, 0.717) is 33.0 Å². The van der Waals surface area contributed by atoms with Gasteiger partial charge in [0.15, 0.2) is 11.5 Å². The van der Waals surface area contributed by atoms with Gasteiger partial charge in [-0.25, -0.2) is 0 Å². The molecule has 0 aliphatic carbocycles. The van der Waals surface area contributed by atoms with Gasteiger partial charge in [0.2, 0.25) is 0 Å². The maximum atomic E-state index is 9.85. The third-order valence-electron chi connectivity index (χ3n) is 3.78. The van der Waals surface area contributed by atoms with Crippen LogP contribution in [0.15, 0.2) is 29.8 Å². The Morgan fingerprint density at radius 3 is 2.92 bits per heavy atom. The van der Waals surface area contributed by atoms with Crippen molar-refractivity contribution in [1.82, 2.24) is 4.90 Å². The Bertz CT molecular complexity index is 540. The Morgan fingerprint density at radius 2 is 2.17 bits per heavy atom. The lowest BCUT2D eigenvalue weighted by Crippen LogP contribution is -2.32. The highest BCUT2D eigenvalue weighted by molar-refractivity contribution is 5.43. The Kier molecular flexibility index (Phi) is 7.56. The lowest BCUT2D eigenvalue weighted by Gasteiger charge is -2.21. The molecule has 0 spiro atoms. The predicted molar refractivity (Wildman–Crippen MR) is 94.6 cm³/mol. The Morgan fingerprint density at radius 1 is 1.33 bits per heavy atom. The first kappa shape index (κ1) is 18.8. The van der Waals surface area contributed by atoms with E-state index in [1.54, 1.807) is 0 Å². The van der Waals surface area contributed by atoms with Crippen LogP contribution in [0.1, 0.15) is 26.3 Å². The van der Waals surface area contributed by atoms with Crippen LogP contribution in [-0.2, 0) is 11.3 Å². The van der Waals surface area contributed by atoms with Gasteiger partial charge in [-0.1, -0.05) is 11.6 Å². The van der Waals surface area contributed by atoms with E-state index < -0.39 is 6.10 Å². The fourth-order valence-corrected chi connectivity index (χ4v) is 2.59. The average Bonchev–Trinajstić information content (AvgIpc) is 2.73. The maximum absolute atomic E-state index is 9.85. The van der Waals surface area contributed by atoms with Crippen LogP contribution in [0, 0.1) is 0 Å². The number of β-amino-alcohol motifs (C(OH)–C–C–N with tert-alkyl or cyclic N) is 1. The van der Waals surface area contributed by atoms with Gasteiger partial charge >= 0.3 is 0 Å². The summed E-state index contributed by atoms with van der Waals surface area (Å²) in [6.45, 7) is 10.5. The van der Waals surface area contributed by atoms with Crippen LogP contribution in [0.25, 0.3) is 0 Å². The highest BCUT2D eigenvalue weighted by Gasteiger charge is 2.17. The number of nitrogens with zero attached hydrogens (tertiary/aromatic N) is 1. The molecule has 1 atom stereocenters. The van der Waals surface area contributed by atoms with Crippen LogP contribution in [0.5, 0.6) is 11.5 Å². The molecule has 1 saturated heterocycles. The Hall–Kier alpha value is -1.56. The standard InChI is InChI=1S/C19H29NO4/c1-4-23-19-11-16(5-6-18(19)24-9-7-15(2)3)12-20-8-10-22-14-17(21)13-20/h5-7,11,17,21H,4,8-10,12-14H2,1-3H3/t17-/m0/s1. The van der Waals surface area contributed by atoms with Gasteiger partial charge in [0.05, 0.1) is 25.9 Å². The number of aliphatic hydroxyl groups excluding tert-OH is 1. The fourth-order valence-electron chi connectivity index (χ4n) is 2.59. The third kappa shape index (κ3) is 6.15. The molecule has 0 bridgehead atoms. The van der Waals surface area contributed by atoms with E-state index in [9.17, 15) is 5.11 Å². The van der Waals surface area contributed by atoms with Gasteiger partial charge in [-0.3, -0.25) is 4.90 Å². The van der Waals surface area contributed by atoms with Gasteiger partial charge in [-0.2, -0.15) is 0 Å². The minimum atomic E-state index is -0.425. The van der Waals surface area contributed by atoms with Gasteiger partial charge in [-0.15, -0.1) is 0 Å². The first-order chi connectivity index (χ1) is 11.6. The maximum Gasteiger partial charge on any atom is 0.161 e. The molecule has 5 heteroatoms. The molecule has 1 heterocycles. The molecular formula is C19H29NO4. The molecule has 134 valence electrons. The van der Waals surface area contributed by atoms with Crippen molar-refractivity contribution in [1.29, 1.82) is 0 Å². The summed E-state index contributed by atoms with van der Waals surface area (Å²) in [5, 5.41) is 9.85. The fraction of sp³-hybridized carbons (Fsp3) is 0.579. The Balaban J connectivity index is 2.05. The molecule has 5 nitrogen and oxygen atoms in total. The lowest BCUT2D eigenvalue weighted by atomic mass is 10.1. The second-order valence-electron chi connectivity index (χ2n) is 6.27. The highest BCUT2D eigenvalue weighted by atomic mass is 16.5. The number of hydrogen-bond donors (Lipinski definition) is 1. The summed E-state index contributed by atoms with van der Waals surface area (Å²) in [6.07, 6.45) is 1.62. The molecule has 2 rings (SSSR count). The third-order valence-corrected chi connectivity index (χ3v) is 3.78. The zero-order valence-electron chi connectivity index (χ0n) is 15.0. The summed E-state index contributed by atoms with van der Waals surface area (Å²) in [5.41, 5.74) is 2.37. The van der Waals surface area contributed by atoms with Crippen molar-refractivity contribution in [3.63, 3.8) is 0 Å². The van der Waals surface area contributed by atoms with E-state index in [-0.39, 0.29) is 0 Å². The smallest absolute Gasteiger partial charge is 0.161 e. The van der Waals surface area contributed by atoms with Crippen LogP contribution >= 0.6 is 0 Å². The average molecular weight is 335 g/mol. The number of hydrogen-bond acceptors (Lipinski definition) is 5. The molecular weight excluding hydrogens is 306 g/mol. The van der Waals surface area contributed by atoms with Crippen molar-refractivity contribution < 1.29 is 19.3 Å². The van der Waals surface area contributed by atoms with E-state index in [2.05, 4.69) is 24.8 Å². The van der Waals surface area contributed by atoms with Crippen molar-refractivity contribution >= 4 is 0 Å². The quantitative estimate of drug-likeness (QED) is 0.776. The normalized spacial score (nSPS) is 18.8. The summed E-state index contributed by atoms with van der Waals surface area (Å²) in [5.74, 6) is 1.53. The number of rotatable bonds is 7. The van der Waals surface area contributed by atoms with Crippen molar-refractivity contribution in [3.8, 4) is 11.5 Å². The summed E-state index contributed by atoms with van der Waals surface area (Å²) >= 11 is 0. The molecule has 24 heavy (non-hydrogen) atoms. The predicted octanol–water partition coefficient (Wildman–Crippen LogP) is 2.62. The molecule has 0 amide bonds. The first-order valence-electron chi connectivity index (χ1n) is 8.58. The van der Waals surface area contributed by atoms with Crippen molar-refractivity contribution in [2.24, 2.45) is 0 Å². The van der Waals surface area contributed by atoms with Gasteiger partial charge in [0, 0.05) is 19.6 Å². The molecule has 0 unspecified atom stereocenters. The zero-order valence-corrected chi connectivity index (χ0v) is 15.0. The second kappa shape index (κ2) is 9.67. The number of aliphatic hydroxyl groups is 1. The number of benzene rings is 1. The van der Waals surface area contributed by atoms with Crippen molar-refractivity contribution in [2.75, 3.05) is 39.5 Å². The van der Waals surface area contributed by atoms with Gasteiger partial charge in [0.25, 0.3) is 0 Å². The molecule has 1 aromatic rings. The molecule has 1 aliphatic heterocycles. The lowest BCUT2D eigenvalue weighted by molar-refractivity contribution is 0.0562. The monoisotopic (exact) mass is 335 g/mol. The highest BCUT2D eigenvalue weighted by Crippen LogP contribution is 2.29. The van der Waals surface area contributed by atoms with Crippen molar-refractivity contribution in [2.45, 2.75) is 33.4 Å². The van der Waals surface area contributed by atoms with E-state index in [0.717, 1.165) is 30.2 Å². The van der Waals surface area contributed by atoms with Crippen LogP contribution in [0.3, 0.4) is 0 Å². The number of allylic oxidation sites excluding steroid dienone is 1. The second-order valence-corrected chi connectivity index (χ2v) is 6.27. The van der Waals surface area contributed by atoms with Gasteiger partial charge < -0.3 is 19.3 Å². The molecule has 1 fully saturated rings. The van der Waals surface area contributed by atoms with Crippen molar-refractivity contribution in [3.05, 3.63) is 35.4 Å². The molecule has 1 aliphatic rings. The summed E-state index contributed by atoms with van der Waals surface area (Å²) in [4.78, 5) is 2.20. The molecule has 0 saturated carbocycles. The molecule has 0 radical (unpaired) electrons. The SMILES string of the molecule is CCOc1cc(CN2CCOC[C@@H](O)C2)ccc1OCC=C(C)C. The van der Waals surface area contributed by atoms with Crippen LogP contribution in [0.2, 0.25) is 0 Å². The molecule has 0 aromatic heterocycles. The minimum absolute atomic E-state index is 0.415.